The van der Waals surface area contributed by atoms with Crippen molar-refractivity contribution < 1.29 is 4.74 Å². The van der Waals surface area contributed by atoms with Crippen molar-refractivity contribution in [1.82, 2.24) is 0 Å². The maximum absolute atomic E-state index is 8.48. The molecule has 0 aromatic heterocycles. The number of nitrogens with zero attached hydrogens (tertiary/aromatic N) is 1. The van der Waals surface area contributed by atoms with Gasteiger partial charge in [-0.25, -0.2) is 0 Å². The van der Waals surface area contributed by atoms with E-state index in [1.54, 1.807) is 18.2 Å². The molecule has 0 spiro atoms. The van der Waals surface area contributed by atoms with Crippen LogP contribution in [0.4, 0.5) is 0 Å². The number of hydrogen-bond acceptors (Lipinski definition) is 2. The highest BCUT2D eigenvalue weighted by atomic mass is 35.5. The Morgan fingerprint density at radius 2 is 1.90 bits per heavy atom. The number of halogens is 2. The largest absolute Gasteiger partial charge is 0.487 e. The van der Waals surface area contributed by atoms with Gasteiger partial charge in [-0.05, 0) is 29.8 Å². The Morgan fingerprint density at radius 3 is 2.60 bits per heavy atom. The van der Waals surface area contributed by atoms with Crippen molar-refractivity contribution >= 4 is 29.3 Å². The Kier molecular flexibility index (Phi) is 5.06. The summed E-state index contributed by atoms with van der Waals surface area (Å²) < 4.78 is 5.66. The SMILES string of the molecule is N#CC=Cc1ccc(OCc2ccccc2Cl)c(Cl)c1. The lowest BCUT2D eigenvalue weighted by molar-refractivity contribution is 0.306. The number of hydrogen-bond donors (Lipinski definition) is 0. The van der Waals surface area contributed by atoms with Crippen LogP contribution < -0.4 is 4.74 Å². The number of rotatable bonds is 4. The summed E-state index contributed by atoms with van der Waals surface area (Å²) in [6, 6.07) is 14.8. The van der Waals surface area contributed by atoms with Crippen molar-refractivity contribution in [2.24, 2.45) is 0 Å². The van der Waals surface area contributed by atoms with Crippen molar-refractivity contribution in [3.63, 3.8) is 0 Å². The van der Waals surface area contributed by atoms with E-state index in [2.05, 4.69) is 0 Å². The Hall–Kier alpha value is -1.95. The third kappa shape index (κ3) is 3.77. The van der Waals surface area contributed by atoms with E-state index in [9.17, 15) is 0 Å². The van der Waals surface area contributed by atoms with Crippen molar-refractivity contribution in [2.75, 3.05) is 0 Å². The second-order valence-electron chi connectivity index (χ2n) is 4.03. The minimum absolute atomic E-state index is 0.354. The lowest BCUT2D eigenvalue weighted by atomic mass is 10.2. The van der Waals surface area contributed by atoms with E-state index < -0.39 is 0 Å². The van der Waals surface area contributed by atoms with Crippen LogP contribution in [-0.2, 0) is 6.61 Å². The van der Waals surface area contributed by atoms with E-state index in [4.69, 9.17) is 33.2 Å². The zero-order chi connectivity index (χ0) is 14.4. The van der Waals surface area contributed by atoms with Gasteiger partial charge in [0, 0.05) is 16.7 Å². The molecule has 0 atom stereocenters. The fourth-order valence-corrected chi connectivity index (χ4v) is 2.08. The van der Waals surface area contributed by atoms with E-state index in [1.807, 2.05) is 36.4 Å². The average Bonchev–Trinajstić information content (AvgIpc) is 2.45. The zero-order valence-electron chi connectivity index (χ0n) is 10.5. The van der Waals surface area contributed by atoms with E-state index in [-0.39, 0.29) is 0 Å². The van der Waals surface area contributed by atoms with Gasteiger partial charge in [0.2, 0.25) is 0 Å². The molecule has 20 heavy (non-hydrogen) atoms. The highest BCUT2D eigenvalue weighted by molar-refractivity contribution is 6.32. The lowest BCUT2D eigenvalue weighted by Crippen LogP contribution is -1.96. The van der Waals surface area contributed by atoms with Gasteiger partial charge in [0.05, 0.1) is 11.1 Å². The predicted octanol–water partition coefficient (Wildman–Crippen LogP) is 5.11. The lowest BCUT2D eigenvalue weighted by Gasteiger charge is -2.09. The first-order chi connectivity index (χ1) is 9.70. The standard InChI is InChI=1S/C16H11Cl2NO/c17-14-6-2-1-5-13(14)11-20-16-8-7-12(4-3-9-19)10-15(16)18/h1-8,10H,11H2. The van der Waals surface area contributed by atoms with Gasteiger partial charge in [0.1, 0.15) is 12.4 Å². The molecule has 0 aliphatic rings. The van der Waals surface area contributed by atoms with Gasteiger partial charge in [-0.2, -0.15) is 5.26 Å². The Balaban J connectivity index is 2.09. The van der Waals surface area contributed by atoms with Gasteiger partial charge < -0.3 is 4.74 Å². The van der Waals surface area contributed by atoms with Crippen LogP contribution in [0.5, 0.6) is 5.75 Å². The summed E-state index contributed by atoms with van der Waals surface area (Å²) >= 11 is 12.2. The van der Waals surface area contributed by atoms with Crippen LogP contribution in [0.15, 0.2) is 48.5 Å². The Bertz CT molecular complexity index is 674. The van der Waals surface area contributed by atoms with Crippen molar-refractivity contribution in [1.29, 1.82) is 5.26 Å². The van der Waals surface area contributed by atoms with Gasteiger partial charge in [-0.1, -0.05) is 47.5 Å². The molecule has 0 amide bonds. The molecule has 0 bridgehead atoms. The molecular formula is C16H11Cl2NO. The molecule has 0 aliphatic heterocycles. The molecule has 4 heteroatoms. The first kappa shape index (κ1) is 14.5. The smallest absolute Gasteiger partial charge is 0.138 e. The molecule has 2 aromatic carbocycles. The first-order valence-electron chi connectivity index (χ1n) is 5.92. The van der Waals surface area contributed by atoms with Crippen LogP contribution in [0, 0.1) is 11.3 Å². The Morgan fingerprint density at radius 1 is 1.10 bits per heavy atom. The molecule has 0 N–H and O–H groups in total. The fraction of sp³-hybridized carbons (Fsp3) is 0.0625. The summed E-state index contributed by atoms with van der Waals surface area (Å²) in [6.45, 7) is 0.354. The molecule has 100 valence electrons. The molecule has 0 unspecified atom stereocenters. The molecule has 0 saturated carbocycles. The molecule has 2 rings (SSSR count). The number of benzene rings is 2. The topological polar surface area (TPSA) is 33.0 Å². The average molecular weight is 304 g/mol. The molecule has 2 nitrogen and oxygen atoms in total. The summed E-state index contributed by atoms with van der Waals surface area (Å²) in [5.41, 5.74) is 1.75. The van der Waals surface area contributed by atoms with Crippen LogP contribution in [0.1, 0.15) is 11.1 Å². The number of allylic oxidation sites excluding steroid dienone is 1. The van der Waals surface area contributed by atoms with Crippen LogP contribution in [0.2, 0.25) is 10.0 Å². The van der Waals surface area contributed by atoms with Crippen LogP contribution in [-0.4, -0.2) is 0 Å². The van der Waals surface area contributed by atoms with Gasteiger partial charge in [-0.15, -0.1) is 0 Å². The van der Waals surface area contributed by atoms with Gasteiger partial charge in [-0.3, -0.25) is 0 Å². The van der Waals surface area contributed by atoms with Crippen LogP contribution >= 0.6 is 23.2 Å². The summed E-state index contributed by atoms with van der Waals surface area (Å²) in [5.74, 6) is 0.584. The summed E-state index contributed by atoms with van der Waals surface area (Å²) in [6.07, 6.45) is 3.08. The molecule has 2 aromatic rings. The van der Waals surface area contributed by atoms with Crippen LogP contribution in [0.3, 0.4) is 0 Å². The summed E-state index contributed by atoms with van der Waals surface area (Å²) in [5, 5.41) is 9.64. The van der Waals surface area contributed by atoms with E-state index in [0.717, 1.165) is 11.1 Å². The molecule has 0 radical (unpaired) electrons. The summed E-state index contributed by atoms with van der Waals surface area (Å²) in [4.78, 5) is 0. The fourth-order valence-electron chi connectivity index (χ4n) is 1.64. The molecule has 0 saturated heterocycles. The number of nitriles is 1. The highest BCUT2D eigenvalue weighted by Gasteiger charge is 2.04. The van der Waals surface area contributed by atoms with Crippen molar-refractivity contribution in [3.05, 3.63) is 69.7 Å². The van der Waals surface area contributed by atoms with Gasteiger partial charge in [0.25, 0.3) is 0 Å². The molecular weight excluding hydrogens is 293 g/mol. The monoisotopic (exact) mass is 303 g/mol. The predicted molar refractivity (Wildman–Crippen MR) is 81.9 cm³/mol. The van der Waals surface area contributed by atoms with E-state index >= 15 is 0 Å². The second kappa shape index (κ2) is 7.00. The molecule has 0 fully saturated rings. The summed E-state index contributed by atoms with van der Waals surface area (Å²) in [7, 11) is 0. The quantitative estimate of drug-likeness (QED) is 0.735. The minimum Gasteiger partial charge on any atom is -0.487 e. The minimum atomic E-state index is 0.354. The highest BCUT2D eigenvalue weighted by Crippen LogP contribution is 2.27. The van der Waals surface area contributed by atoms with Crippen LogP contribution in [0.25, 0.3) is 6.08 Å². The number of ether oxygens (including phenoxy) is 1. The first-order valence-corrected chi connectivity index (χ1v) is 6.68. The maximum Gasteiger partial charge on any atom is 0.138 e. The molecule has 0 aliphatic carbocycles. The Labute approximate surface area is 127 Å². The van der Waals surface area contributed by atoms with Gasteiger partial charge >= 0.3 is 0 Å². The second-order valence-corrected chi connectivity index (χ2v) is 4.85. The molecule has 0 heterocycles. The maximum atomic E-state index is 8.48. The zero-order valence-corrected chi connectivity index (χ0v) is 12.0. The van der Waals surface area contributed by atoms with E-state index in [1.165, 1.54) is 6.08 Å². The third-order valence-electron chi connectivity index (χ3n) is 2.65. The van der Waals surface area contributed by atoms with Crippen molar-refractivity contribution in [3.8, 4) is 11.8 Å². The van der Waals surface area contributed by atoms with Gasteiger partial charge in [0.15, 0.2) is 0 Å². The van der Waals surface area contributed by atoms with Crippen molar-refractivity contribution in [2.45, 2.75) is 6.61 Å². The van der Waals surface area contributed by atoms with E-state index in [0.29, 0.717) is 22.4 Å². The normalized spacial score (nSPS) is 10.4. The third-order valence-corrected chi connectivity index (χ3v) is 3.31.